The van der Waals surface area contributed by atoms with Crippen molar-refractivity contribution in [1.29, 1.82) is 0 Å². The summed E-state index contributed by atoms with van der Waals surface area (Å²) in [6.07, 6.45) is 0. The highest BCUT2D eigenvalue weighted by Crippen LogP contribution is 2.28. The first-order valence-corrected chi connectivity index (χ1v) is 6.82. The average Bonchev–Trinajstić information content (AvgIpc) is 2.38. The number of carbonyl (C=O) groups excluding carboxylic acids is 1. The lowest BCUT2D eigenvalue weighted by Crippen LogP contribution is -2.15. The number of benzene rings is 2. The van der Waals surface area contributed by atoms with Crippen LogP contribution in [0.2, 0.25) is 0 Å². The Morgan fingerprint density at radius 1 is 1.30 bits per heavy atom. The van der Waals surface area contributed by atoms with E-state index in [1.54, 1.807) is 31.4 Å². The number of methoxy groups -OCH3 is 1. The number of hydrogen-bond donors (Lipinski definition) is 2. The van der Waals surface area contributed by atoms with Gasteiger partial charge in [0.25, 0.3) is 5.91 Å². The van der Waals surface area contributed by atoms with E-state index in [-0.39, 0.29) is 5.91 Å². The molecule has 0 aliphatic heterocycles. The van der Waals surface area contributed by atoms with Crippen LogP contribution in [0, 0.1) is 6.92 Å². The van der Waals surface area contributed by atoms with Crippen LogP contribution in [0.1, 0.15) is 15.9 Å². The second-order valence-corrected chi connectivity index (χ2v) is 5.20. The molecule has 0 unspecified atom stereocenters. The van der Waals surface area contributed by atoms with E-state index < -0.39 is 0 Å². The normalized spacial score (nSPS) is 10.2. The van der Waals surface area contributed by atoms with E-state index in [4.69, 9.17) is 10.5 Å². The van der Waals surface area contributed by atoms with E-state index >= 15 is 0 Å². The van der Waals surface area contributed by atoms with E-state index in [1.165, 1.54) is 0 Å². The molecule has 0 atom stereocenters. The van der Waals surface area contributed by atoms with Crippen molar-refractivity contribution in [2.24, 2.45) is 0 Å². The number of ether oxygens (including phenoxy) is 1. The number of amides is 1. The Balaban J connectivity index is 2.26. The van der Waals surface area contributed by atoms with Crippen molar-refractivity contribution in [3.05, 3.63) is 52.0 Å². The fourth-order valence-electron chi connectivity index (χ4n) is 1.94. The van der Waals surface area contributed by atoms with E-state index in [0.717, 1.165) is 10.0 Å². The molecule has 1 amide bonds. The predicted octanol–water partition coefficient (Wildman–Crippen LogP) is 3.60. The lowest BCUT2D eigenvalue weighted by atomic mass is 10.1. The summed E-state index contributed by atoms with van der Waals surface area (Å²) >= 11 is 3.38. The second kappa shape index (κ2) is 5.96. The largest absolute Gasteiger partial charge is 0.496 e. The highest BCUT2D eigenvalue weighted by atomic mass is 79.9. The maximum absolute atomic E-state index is 12.3. The van der Waals surface area contributed by atoms with Gasteiger partial charge in [0.2, 0.25) is 0 Å². The molecule has 0 aliphatic rings. The van der Waals surface area contributed by atoms with Crippen LogP contribution in [0.3, 0.4) is 0 Å². The zero-order chi connectivity index (χ0) is 14.7. The predicted molar refractivity (Wildman–Crippen MR) is 84.2 cm³/mol. The van der Waals surface area contributed by atoms with Crippen molar-refractivity contribution >= 4 is 33.2 Å². The number of nitrogens with two attached hydrogens (primary N) is 1. The molecule has 2 aromatic carbocycles. The van der Waals surface area contributed by atoms with Crippen molar-refractivity contribution < 1.29 is 9.53 Å². The first-order valence-electron chi connectivity index (χ1n) is 6.03. The third-order valence-corrected chi connectivity index (χ3v) is 3.56. The van der Waals surface area contributed by atoms with Crippen molar-refractivity contribution in [3.8, 4) is 5.75 Å². The Kier molecular flexibility index (Phi) is 4.29. The van der Waals surface area contributed by atoms with Crippen molar-refractivity contribution in [3.63, 3.8) is 0 Å². The maximum Gasteiger partial charge on any atom is 0.258 e. The molecule has 0 aliphatic carbocycles. The van der Waals surface area contributed by atoms with Crippen molar-refractivity contribution in [1.82, 2.24) is 0 Å². The number of hydrogen-bond acceptors (Lipinski definition) is 3. The summed E-state index contributed by atoms with van der Waals surface area (Å²) in [7, 11) is 1.59. The van der Waals surface area contributed by atoms with Crippen LogP contribution in [0.4, 0.5) is 11.4 Å². The van der Waals surface area contributed by atoms with Crippen LogP contribution in [-0.4, -0.2) is 13.0 Å². The molecule has 0 aromatic heterocycles. The topological polar surface area (TPSA) is 64.3 Å². The molecule has 0 fully saturated rings. The zero-order valence-electron chi connectivity index (χ0n) is 11.2. The van der Waals surface area contributed by atoms with Crippen LogP contribution in [0.5, 0.6) is 5.75 Å². The molecule has 0 heterocycles. The SMILES string of the molecule is COc1ccc(NC(=O)c2c(C)cccc2N)cc1Br. The van der Waals surface area contributed by atoms with Gasteiger partial charge in [-0.15, -0.1) is 0 Å². The molecule has 0 spiro atoms. The average molecular weight is 335 g/mol. The van der Waals surface area contributed by atoms with Crippen molar-refractivity contribution in [2.45, 2.75) is 6.92 Å². The maximum atomic E-state index is 12.3. The Labute approximate surface area is 126 Å². The van der Waals surface area contributed by atoms with Gasteiger partial charge < -0.3 is 15.8 Å². The summed E-state index contributed by atoms with van der Waals surface area (Å²) in [6.45, 7) is 1.86. The minimum atomic E-state index is -0.224. The van der Waals surface area contributed by atoms with Gasteiger partial charge >= 0.3 is 0 Å². The van der Waals surface area contributed by atoms with Gasteiger partial charge in [0.15, 0.2) is 0 Å². The molecule has 3 N–H and O–H groups in total. The Morgan fingerprint density at radius 2 is 2.05 bits per heavy atom. The van der Waals surface area contributed by atoms with Crippen LogP contribution in [0.15, 0.2) is 40.9 Å². The fraction of sp³-hybridized carbons (Fsp3) is 0.133. The molecular formula is C15H15BrN2O2. The molecule has 104 valence electrons. The summed E-state index contributed by atoms with van der Waals surface area (Å²) < 4.78 is 5.92. The quantitative estimate of drug-likeness (QED) is 0.843. The summed E-state index contributed by atoms with van der Waals surface area (Å²) in [6, 6.07) is 10.7. The van der Waals surface area contributed by atoms with Gasteiger partial charge in [-0.3, -0.25) is 4.79 Å². The first-order chi connectivity index (χ1) is 9.52. The van der Waals surface area contributed by atoms with Gasteiger partial charge in [0, 0.05) is 11.4 Å². The van der Waals surface area contributed by atoms with Crippen LogP contribution >= 0.6 is 15.9 Å². The summed E-state index contributed by atoms with van der Waals surface area (Å²) in [5.74, 6) is 0.482. The van der Waals surface area contributed by atoms with Crippen molar-refractivity contribution in [2.75, 3.05) is 18.2 Å². The third-order valence-electron chi connectivity index (χ3n) is 2.94. The van der Waals surface area contributed by atoms with Crippen LogP contribution in [0.25, 0.3) is 0 Å². The van der Waals surface area contributed by atoms with Gasteiger partial charge in [-0.1, -0.05) is 12.1 Å². The number of aryl methyl sites for hydroxylation is 1. The number of anilines is 2. The van der Waals surface area contributed by atoms with Crippen LogP contribution < -0.4 is 15.8 Å². The molecule has 2 aromatic rings. The van der Waals surface area contributed by atoms with Gasteiger partial charge in [-0.2, -0.15) is 0 Å². The van der Waals surface area contributed by atoms with E-state index in [0.29, 0.717) is 22.7 Å². The van der Waals surface area contributed by atoms with Gasteiger partial charge in [-0.05, 0) is 52.7 Å². The number of rotatable bonds is 3. The number of nitrogen functional groups attached to an aromatic ring is 1. The first kappa shape index (κ1) is 14.4. The third kappa shape index (κ3) is 2.93. The molecule has 0 saturated heterocycles. The van der Waals surface area contributed by atoms with Gasteiger partial charge in [0.05, 0.1) is 17.1 Å². The number of nitrogens with one attached hydrogen (secondary N) is 1. The van der Waals surface area contributed by atoms with Gasteiger partial charge in [0.1, 0.15) is 5.75 Å². The highest BCUT2D eigenvalue weighted by Gasteiger charge is 2.13. The zero-order valence-corrected chi connectivity index (χ0v) is 12.8. The summed E-state index contributed by atoms with van der Waals surface area (Å²) in [5, 5.41) is 2.83. The molecule has 0 bridgehead atoms. The molecule has 4 nitrogen and oxygen atoms in total. The lowest BCUT2D eigenvalue weighted by Gasteiger charge is -2.11. The van der Waals surface area contributed by atoms with E-state index in [1.807, 2.05) is 19.1 Å². The molecule has 2 rings (SSSR count). The molecular weight excluding hydrogens is 320 g/mol. The Morgan fingerprint density at radius 3 is 2.65 bits per heavy atom. The molecule has 0 radical (unpaired) electrons. The van der Waals surface area contributed by atoms with E-state index in [2.05, 4.69) is 21.2 Å². The number of halogens is 1. The monoisotopic (exact) mass is 334 g/mol. The van der Waals surface area contributed by atoms with Crippen LogP contribution in [-0.2, 0) is 0 Å². The lowest BCUT2D eigenvalue weighted by molar-refractivity contribution is 0.102. The second-order valence-electron chi connectivity index (χ2n) is 4.34. The molecule has 0 saturated carbocycles. The molecule has 5 heteroatoms. The molecule has 20 heavy (non-hydrogen) atoms. The standard InChI is InChI=1S/C15H15BrN2O2/c1-9-4-3-5-12(17)14(9)15(19)18-10-6-7-13(20-2)11(16)8-10/h3-8H,17H2,1-2H3,(H,18,19). The fourth-order valence-corrected chi connectivity index (χ4v) is 2.48. The summed E-state index contributed by atoms with van der Waals surface area (Å²) in [4.78, 5) is 12.3. The van der Waals surface area contributed by atoms with E-state index in [9.17, 15) is 4.79 Å². The highest BCUT2D eigenvalue weighted by molar-refractivity contribution is 9.10. The number of carbonyl (C=O) groups is 1. The van der Waals surface area contributed by atoms with Gasteiger partial charge in [-0.25, -0.2) is 0 Å². The minimum absolute atomic E-state index is 0.224. The smallest absolute Gasteiger partial charge is 0.258 e. The summed E-state index contributed by atoms with van der Waals surface area (Å²) in [5.41, 5.74) is 8.34. The Bertz CT molecular complexity index is 636. The minimum Gasteiger partial charge on any atom is -0.496 e. The Hall–Kier alpha value is -2.01.